The van der Waals surface area contributed by atoms with Crippen molar-refractivity contribution in [2.24, 2.45) is 0 Å². The summed E-state index contributed by atoms with van der Waals surface area (Å²) in [6.07, 6.45) is 1.38. The highest BCUT2D eigenvalue weighted by molar-refractivity contribution is 5.90. The van der Waals surface area contributed by atoms with Crippen molar-refractivity contribution in [3.63, 3.8) is 0 Å². The van der Waals surface area contributed by atoms with E-state index in [1.165, 1.54) is 29.9 Å². The summed E-state index contributed by atoms with van der Waals surface area (Å²) in [6, 6.07) is 4.55. The van der Waals surface area contributed by atoms with E-state index in [0.717, 1.165) is 4.57 Å². The van der Waals surface area contributed by atoms with E-state index >= 15 is 0 Å². The normalized spacial score (nSPS) is 10.8. The van der Waals surface area contributed by atoms with Crippen LogP contribution in [0.15, 0.2) is 33.6 Å². The Kier molecular flexibility index (Phi) is 3.41. The number of hydrogen-bond acceptors (Lipinski definition) is 7. The van der Waals surface area contributed by atoms with Crippen LogP contribution >= 0.6 is 0 Å². The van der Waals surface area contributed by atoms with Crippen LogP contribution in [0.4, 0.5) is 11.5 Å². The smallest absolute Gasteiger partial charge is 0.407 e. The van der Waals surface area contributed by atoms with E-state index in [4.69, 9.17) is 10.2 Å². The molecule has 23 heavy (non-hydrogen) atoms. The van der Waals surface area contributed by atoms with Crippen LogP contribution in [0.5, 0.6) is 0 Å². The number of fused-ring (bicyclic) bond motifs is 1. The number of carbonyl (C=O) groups is 2. The van der Waals surface area contributed by atoms with Gasteiger partial charge in [-0.2, -0.15) is 0 Å². The van der Waals surface area contributed by atoms with E-state index in [0.29, 0.717) is 11.2 Å². The molecule has 3 N–H and O–H groups in total. The van der Waals surface area contributed by atoms with Gasteiger partial charge < -0.3 is 15.5 Å². The number of aromatic nitrogens is 4. The molecule has 0 unspecified atom stereocenters. The molecule has 3 rings (SSSR count). The number of oxazole rings is 1. The van der Waals surface area contributed by atoms with Crippen LogP contribution in [0, 0.1) is 0 Å². The second kappa shape index (κ2) is 5.40. The van der Waals surface area contributed by atoms with E-state index in [9.17, 15) is 14.4 Å². The Morgan fingerprint density at radius 2 is 2.17 bits per heavy atom. The zero-order valence-electron chi connectivity index (χ0n) is 12.0. The number of hydrogen-bond donors (Lipinski definition) is 2. The molecular formula is C13H12N6O4. The molecule has 0 bridgehead atoms. The first-order chi connectivity index (χ1) is 10.9. The van der Waals surface area contributed by atoms with Crippen molar-refractivity contribution >= 4 is 34.4 Å². The fourth-order valence-electron chi connectivity index (χ4n) is 2.09. The third-order valence-corrected chi connectivity index (χ3v) is 2.99. The molecule has 2 heterocycles. The zero-order chi connectivity index (χ0) is 16.6. The summed E-state index contributed by atoms with van der Waals surface area (Å²) < 4.78 is 7.10. The van der Waals surface area contributed by atoms with Crippen molar-refractivity contribution in [2.75, 3.05) is 11.1 Å². The molecule has 0 aliphatic carbocycles. The number of carbonyl (C=O) groups excluding carboxylic acids is 2. The molecule has 1 amide bonds. The number of rotatable bonds is 3. The van der Waals surface area contributed by atoms with Gasteiger partial charge in [0.1, 0.15) is 6.54 Å². The maximum absolute atomic E-state index is 12.3. The summed E-state index contributed by atoms with van der Waals surface area (Å²) in [5, 5.41) is 9.83. The van der Waals surface area contributed by atoms with Crippen LogP contribution in [0.2, 0.25) is 0 Å². The lowest BCUT2D eigenvalue weighted by Gasteiger charge is -2.01. The summed E-state index contributed by atoms with van der Waals surface area (Å²) >= 11 is 0. The molecule has 0 fully saturated rings. The standard InChI is InChI=1S/C13H12N6O4/c1-7(20)15-11-5-18(17-16-11)6-12(21)19-9-3-2-8(14)4-10(9)23-13(19)22/h2-5H,6,14H2,1H3,(H,15,20). The van der Waals surface area contributed by atoms with E-state index in [-0.39, 0.29) is 23.9 Å². The van der Waals surface area contributed by atoms with Gasteiger partial charge in [-0.05, 0) is 12.1 Å². The van der Waals surface area contributed by atoms with Crippen molar-refractivity contribution in [3.8, 4) is 0 Å². The van der Waals surface area contributed by atoms with Crippen molar-refractivity contribution in [1.82, 2.24) is 19.6 Å². The molecule has 0 saturated heterocycles. The number of nitrogens with zero attached hydrogens (tertiary/aromatic N) is 4. The predicted molar refractivity (Wildman–Crippen MR) is 79.8 cm³/mol. The fraction of sp³-hybridized carbons (Fsp3) is 0.154. The Morgan fingerprint density at radius 3 is 2.91 bits per heavy atom. The lowest BCUT2D eigenvalue weighted by Crippen LogP contribution is -2.26. The van der Waals surface area contributed by atoms with E-state index in [2.05, 4.69) is 15.6 Å². The number of nitrogens with two attached hydrogens (primary N) is 1. The first-order valence-electron chi connectivity index (χ1n) is 6.56. The lowest BCUT2D eigenvalue weighted by molar-refractivity contribution is -0.114. The Hall–Kier alpha value is -3.43. The largest absolute Gasteiger partial charge is 0.426 e. The predicted octanol–water partition coefficient (Wildman–Crippen LogP) is 0.0670. The second-order valence-electron chi connectivity index (χ2n) is 4.81. The monoisotopic (exact) mass is 316 g/mol. The molecule has 0 spiro atoms. The van der Waals surface area contributed by atoms with E-state index in [1.54, 1.807) is 6.07 Å². The summed E-state index contributed by atoms with van der Waals surface area (Å²) in [5.74, 6) is -1.46. The van der Waals surface area contributed by atoms with Crippen LogP contribution in [-0.4, -0.2) is 31.4 Å². The first kappa shape index (κ1) is 14.5. The van der Waals surface area contributed by atoms with Crippen molar-refractivity contribution < 1.29 is 14.0 Å². The SMILES string of the molecule is CC(=O)Nc1cn(CC(=O)n2c(=O)oc3cc(N)ccc32)nn1. The Balaban J connectivity index is 1.89. The van der Waals surface area contributed by atoms with Crippen LogP contribution in [-0.2, 0) is 11.3 Å². The molecule has 118 valence electrons. The van der Waals surface area contributed by atoms with Gasteiger partial charge in [-0.25, -0.2) is 14.0 Å². The van der Waals surface area contributed by atoms with Gasteiger partial charge in [0.2, 0.25) is 5.91 Å². The van der Waals surface area contributed by atoms with Crippen LogP contribution in [0.1, 0.15) is 11.7 Å². The van der Waals surface area contributed by atoms with Gasteiger partial charge >= 0.3 is 5.76 Å². The highest BCUT2D eigenvalue weighted by Gasteiger charge is 2.17. The lowest BCUT2D eigenvalue weighted by atomic mass is 10.3. The maximum atomic E-state index is 12.3. The van der Waals surface area contributed by atoms with Gasteiger partial charge in [0.25, 0.3) is 5.91 Å². The van der Waals surface area contributed by atoms with E-state index < -0.39 is 11.7 Å². The van der Waals surface area contributed by atoms with Gasteiger partial charge in [0.15, 0.2) is 11.4 Å². The van der Waals surface area contributed by atoms with Crippen molar-refractivity contribution in [2.45, 2.75) is 13.5 Å². The average Bonchev–Trinajstić information content (AvgIpc) is 3.00. The topological polar surface area (TPSA) is 138 Å². The number of anilines is 2. The number of nitrogens with one attached hydrogen (secondary N) is 1. The molecule has 0 aliphatic rings. The third kappa shape index (κ3) is 2.81. The summed E-state index contributed by atoms with van der Waals surface area (Å²) in [4.78, 5) is 35.1. The Bertz CT molecular complexity index is 966. The maximum Gasteiger partial charge on any atom is 0.426 e. The van der Waals surface area contributed by atoms with Gasteiger partial charge in [-0.1, -0.05) is 5.21 Å². The molecule has 0 aliphatic heterocycles. The van der Waals surface area contributed by atoms with Crippen molar-refractivity contribution in [3.05, 3.63) is 34.9 Å². The number of benzene rings is 1. The highest BCUT2D eigenvalue weighted by Crippen LogP contribution is 2.16. The molecule has 3 aromatic rings. The molecule has 10 heteroatoms. The van der Waals surface area contributed by atoms with Gasteiger partial charge in [-0.15, -0.1) is 5.10 Å². The van der Waals surface area contributed by atoms with E-state index in [1.807, 2.05) is 0 Å². The molecule has 1 aromatic carbocycles. The second-order valence-corrected chi connectivity index (χ2v) is 4.81. The van der Waals surface area contributed by atoms with Crippen molar-refractivity contribution in [1.29, 1.82) is 0 Å². The molecule has 0 radical (unpaired) electrons. The van der Waals surface area contributed by atoms with Gasteiger partial charge in [-0.3, -0.25) is 9.59 Å². The molecule has 2 aromatic heterocycles. The van der Waals surface area contributed by atoms with Crippen LogP contribution < -0.4 is 16.8 Å². The molecule has 0 saturated carbocycles. The highest BCUT2D eigenvalue weighted by atomic mass is 16.4. The Morgan fingerprint density at radius 1 is 1.39 bits per heavy atom. The van der Waals surface area contributed by atoms with Gasteiger partial charge in [0, 0.05) is 18.7 Å². The quantitative estimate of drug-likeness (QED) is 0.652. The Labute approximate surface area is 128 Å². The first-order valence-corrected chi connectivity index (χ1v) is 6.56. The summed E-state index contributed by atoms with van der Waals surface area (Å²) in [5.41, 5.74) is 6.57. The zero-order valence-corrected chi connectivity index (χ0v) is 12.0. The minimum Gasteiger partial charge on any atom is -0.407 e. The number of nitrogen functional groups attached to an aromatic ring is 1. The minimum atomic E-state index is -0.808. The third-order valence-electron chi connectivity index (χ3n) is 2.99. The van der Waals surface area contributed by atoms with Crippen LogP contribution in [0.25, 0.3) is 11.1 Å². The molecular weight excluding hydrogens is 304 g/mol. The molecule has 10 nitrogen and oxygen atoms in total. The number of amides is 1. The fourth-order valence-corrected chi connectivity index (χ4v) is 2.09. The van der Waals surface area contributed by atoms with Crippen LogP contribution in [0.3, 0.4) is 0 Å². The molecule has 0 atom stereocenters. The minimum absolute atomic E-state index is 0.211. The summed E-state index contributed by atoms with van der Waals surface area (Å²) in [7, 11) is 0. The van der Waals surface area contributed by atoms with Gasteiger partial charge in [0.05, 0.1) is 11.7 Å². The average molecular weight is 316 g/mol. The summed E-state index contributed by atoms with van der Waals surface area (Å²) in [6.45, 7) is 1.08.